The van der Waals surface area contributed by atoms with Crippen molar-refractivity contribution in [3.63, 3.8) is 0 Å². The first kappa shape index (κ1) is 11.5. The van der Waals surface area contributed by atoms with Gasteiger partial charge in [0, 0.05) is 12.3 Å². The van der Waals surface area contributed by atoms with Crippen molar-refractivity contribution in [2.45, 2.75) is 51.9 Å². The summed E-state index contributed by atoms with van der Waals surface area (Å²) in [5.74, 6) is 1.73. The number of carbonyl (C=O) groups is 1. The van der Waals surface area contributed by atoms with Gasteiger partial charge in [-0.15, -0.1) is 6.58 Å². The Hall–Kier alpha value is -0.590. The van der Waals surface area contributed by atoms with Crippen LogP contribution in [0.3, 0.4) is 0 Å². The van der Waals surface area contributed by atoms with Crippen LogP contribution in [0.25, 0.3) is 0 Å². The molecule has 0 atom stereocenters. The number of rotatable bonds is 5. The molecule has 1 heteroatoms. The molecule has 0 heterocycles. The lowest BCUT2D eigenvalue weighted by atomic mass is 9.78. The predicted molar refractivity (Wildman–Crippen MR) is 60.2 cm³/mol. The molecule has 1 aliphatic rings. The summed E-state index contributed by atoms with van der Waals surface area (Å²) in [7, 11) is 0. The van der Waals surface area contributed by atoms with Crippen LogP contribution in [0.15, 0.2) is 12.7 Å². The van der Waals surface area contributed by atoms with Crippen LogP contribution in [0.4, 0.5) is 0 Å². The standard InChI is InChI=1S/C13H22O/c1-3-5-6-13(14)12-9-7-11(4-2)8-10-12/h3,11-12H,1,4-10H2,2H3. The minimum atomic E-state index is 0.373. The molecule has 0 N–H and O–H groups in total. The Morgan fingerprint density at radius 2 is 2.00 bits per heavy atom. The topological polar surface area (TPSA) is 17.1 Å². The second-order valence-corrected chi connectivity index (χ2v) is 4.42. The van der Waals surface area contributed by atoms with Gasteiger partial charge in [-0.3, -0.25) is 4.79 Å². The highest BCUT2D eigenvalue weighted by Gasteiger charge is 2.24. The van der Waals surface area contributed by atoms with E-state index in [0.29, 0.717) is 18.1 Å². The Morgan fingerprint density at radius 1 is 1.36 bits per heavy atom. The van der Waals surface area contributed by atoms with Gasteiger partial charge in [0.25, 0.3) is 0 Å². The van der Waals surface area contributed by atoms with Crippen molar-refractivity contribution in [3.8, 4) is 0 Å². The van der Waals surface area contributed by atoms with E-state index in [0.717, 1.165) is 25.2 Å². The maximum absolute atomic E-state index is 11.7. The SMILES string of the molecule is C=CCCC(=O)C1CCC(CC)CC1. The van der Waals surface area contributed by atoms with E-state index in [1.807, 2.05) is 6.08 Å². The van der Waals surface area contributed by atoms with Crippen molar-refractivity contribution in [3.05, 3.63) is 12.7 Å². The lowest BCUT2D eigenvalue weighted by molar-refractivity contribution is -0.124. The van der Waals surface area contributed by atoms with Gasteiger partial charge in [-0.25, -0.2) is 0 Å². The molecule has 0 radical (unpaired) electrons. The third-order valence-electron chi connectivity index (χ3n) is 3.47. The van der Waals surface area contributed by atoms with Crippen molar-refractivity contribution < 1.29 is 4.79 Å². The summed E-state index contributed by atoms with van der Waals surface area (Å²) in [6.45, 7) is 5.91. The monoisotopic (exact) mass is 194 g/mol. The van der Waals surface area contributed by atoms with Crippen LogP contribution in [0.2, 0.25) is 0 Å². The summed E-state index contributed by atoms with van der Waals surface area (Å²) in [6.07, 6.45) is 9.49. The summed E-state index contributed by atoms with van der Waals surface area (Å²) in [5.41, 5.74) is 0. The number of Topliss-reactive ketones (excluding diaryl/α,β-unsaturated/α-hetero) is 1. The highest BCUT2D eigenvalue weighted by atomic mass is 16.1. The van der Waals surface area contributed by atoms with Gasteiger partial charge in [-0.05, 0) is 38.0 Å². The van der Waals surface area contributed by atoms with Crippen molar-refractivity contribution in [1.82, 2.24) is 0 Å². The van der Waals surface area contributed by atoms with Crippen LogP contribution in [0, 0.1) is 11.8 Å². The summed E-state index contributed by atoms with van der Waals surface area (Å²) in [4.78, 5) is 11.7. The number of ketones is 1. The van der Waals surface area contributed by atoms with Crippen LogP contribution < -0.4 is 0 Å². The molecule has 1 nitrogen and oxygen atoms in total. The van der Waals surface area contributed by atoms with Gasteiger partial charge in [0.1, 0.15) is 5.78 Å². The number of hydrogen-bond acceptors (Lipinski definition) is 1. The molecular formula is C13H22O. The van der Waals surface area contributed by atoms with E-state index in [1.165, 1.54) is 19.3 Å². The molecule has 1 aliphatic carbocycles. The normalized spacial score (nSPS) is 27.2. The van der Waals surface area contributed by atoms with Crippen LogP contribution in [-0.2, 0) is 4.79 Å². The maximum Gasteiger partial charge on any atom is 0.136 e. The van der Waals surface area contributed by atoms with E-state index in [9.17, 15) is 4.79 Å². The summed E-state index contributed by atoms with van der Waals surface area (Å²) < 4.78 is 0. The molecule has 1 rings (SSSR count). The number of hydrogen-bond donors (Lipinski definition) is 0. The van der Waals surface area contributed by atoms with Gasteiger partial charge in [0.05, 0.1) is 0 Å². The molecule has 0 unspecified atom stereocenters. The first-order valence-electron chi connectivity index (χ1n) is 5.91. The molecule has 0 saturated heterocycles. The minimum Gasteiger partial charge on any atom is -0.299 e. The molecule has 0 bridgehead atoms. The average Bonchev–Trinajstić information content (AvgIpc) is 2.26. The molecule has 14 heavy (non-hydrogen) atoms. The highest BCUT2D eigenvalue weighted by molar-refractivity contribution is 5.81. The predicted octanol–water partition coefficient (Wildman–Crippen LogP) is 3.74. The van der Waals surface area contributed by atoms with Crippen LogP contribution in [0.1, 0.15) is 51.9 Å². The van der Waals surface area contributed by atoms with E-state index in [2.05, 4.69) is 13.5 Å². The zero-order chi connectivity index (χ0) is 10.4. The Bertz CT molecular complexity index is 187. The van der Waals surface area contributed by atoms with Crippen molar-refractivity contribution in [2.75, 3.05) is 0 Å². The van der Waals surface area contributed by atoms with Crippen molar-refractivity contribution in [1.29, 1.82) is 0 Å². The third kappa shape index (κ3) is 3.28. The van der Waals surface area contributed by atoms with Gasteiger partial charge in [-0.1, -0.05) is 19.4 Å². The van der Waals surface area contributed by atoms with Crippen LogP contribution in [0.5, 0.6) is 0 Å². The minimum absolute atomic E-state index is 0.373. The van der Waals surface area contributed by atoms with Gasteiger partial charge in [0.15, 0.2) is 0 Å². The molecule has 0 aliphatic heterocycles. The molecule has 0 aromatic carbocycles. The average molecular weight is 194 g/mol. The zero-order valence-corrected chi connectivity index (χ0v) is 9.30. The Morgan fingerprint density at radius 3 is 2.50 bits per heavy atom. The molecule has 0 aromatic rings. The van der Waals surface area contributed by atoms with Crippen molar-refractivity contribution >= 4 is 5.78 Å². The second kappa shape index (κ2) is 6.00. The Kier molecular flexibility index (Phi) is 4.92. The van der Waals surface area contributed by atoms with Gasteiger partial charge in [-0.2, -0.15) is 0 Å². The molecule has 0 amide bonds. The Labute approximate surface area is 87.6 Å². The molecule has 0 spiro atoms. The molecule has 1 saturated carbocycles. The fourth-order valence-electron chi connectivity index (χ4n) is 2.34. The van der Waals surface area contributed by atoms with Crippen LogP contribution in [-0.4, -0.2) is 5.78 Å². The number of allylic oxidation sites excluding steroid dienone is 1. The summed E-state index contributed by atoms with van der Waals surface area (Å²) in [6, 6.07) is 0. The van der Waals surface area contributed by atoms with Crippen molar-refractivity contribution in [2.24, 2.45) is 11.8 Å². The highest BCUT2D eigenvalue weighted by Crippen LogP contribution is 2.31. The molecule has 80 valence electrons. The van der Waals surface area contributed by atoms with E-state index in [-0.39, 0.29) is 0 Å². The van der Waals surface area contributed by atoms with E-state index >= 15 is 0 Å². The smallest absolute Gasteiger partial charge is 0.136 e. The lowest BCUT2D eigenvalue weighted by Crippen LogP contribution is -2.21. The van der Waals surface area contributed by atoms with Crippen LogP contribution >= 0.6 is 0 Å². The molecule has 1 fully saturated rings. The first-order valence-corrected chi connectivity index (χ1v) is 5.91. The van der Waals surface area contributed by atoms with E-state index in [1.54, 1.807) is 0 Å². The quantitative estimate of drug-likeness (QED) is 0.609. The van der Waals surface area contributed by atoms with E-state index < -0.39 is 0 Å². The summed E-state index contributed by atoms with van der Waals surface area (Å²) in [5, 5.41) is 0. The fraction of sp³-hybridized carbons (Fsp3) is 0.769. The molecule has 0 aromatic heterocycles. The first-order chi connectivity index (χ1) is 6.77. The lowest BCUT2D eigenvalue weighted by Gasteiger charge is -2.26. The Balaban J connectivity index is 2.26. The second-order valence-electron chi connectivity index (χ2n) is 4.42. The summed E-state index contributed by atoms with van der Waals surface area (Å²) >= 11 is 0. The maximum atomic E-state index is 11.7. The van der Waals surface area contributed by atoms with E-state index in [4.69, 9.17) is 0 Å². The number of carbonyl (C=O) groups excluding carboxylic acids is 1. The van der Waals surface area contributed by atoms with Gasteiger partial charge >= 0.3 is 0 Å². The largest absolute Gasteiger partial charge is 0.299 e. The zero-order valence-electron chi connectivity index (χ0n) is 9.30. The fourth-order valence-corrected chi connectivity index (χ4v) is 2.34. The van der Waals surface area contributed by atoms with Gasteiger partial charge < -0.3 is 0 Å². The molecular weight excluding hydrogens is 172 g/mol. The third-order valence-corrected chi connectivity index (χ3v) is 3.47. The van der Waals surface area contributed by atoms with Gasteiger partial charge in [0.2, 0.25) is 0 Å².